The molecular formula is C27H24N6O2. The second-order valence-electron chi connectivity index (χ2n) is 8.39. The van der Waals surface area contributed by atoms with Gasteiger partial charge in [0.25, 0.3) is 5.91 Å². The van der Waals surface area contributed by atoms with Crippen LogP contribution in [0.25, 0.3) is 28.3 Å². The lowest BCUT2D eigenvalue weighted by atomic mass is 10.0. The van der Waals surface area contributed by atoms with E-state index >= 15 is 0 Å². The number of rotatable bonds is 7. The molecule has 1 N–H and O–H groups in total. The zero-order valence-corrected chi connectivity index (χ0v) is 19.4. The Bertz CT molecular complexity index is 1460. The fourth-order valence-electron chi connectivity index (χ4n) is 3.68. The van der Waals surface area contributed by atoms with E-state index in [0.29, 0.717) is 28.8 Å². The molecule has 0 bridgehead atoms. The van der Waals surface area contributed by atoms with E-state index < -0.39 is 0 Å². The summed E-state index contributed by atoms with van der Waals surface area (Å²) in [5, 5.41) is 16.1. The largest absolute Gasteiger partial charge is 0.484 e. The molecule has 174 valence electrons. The number of pyridine rings is 1. The zero-order valence-electron chi connectivity index (χ0n) is 19.4. The van der Waals surface area contributed by atoms with Gasteiger partial charge in [-0.2, -0.15) is 9.61 Å². The summed E-state index contributed by atoms with van der Waals surface area (Å²) >= 11 is 0. The third-order valence-electron chi connectivity index (χ3n) is 5.56. The number of aromatic nitrogens is 5. The number of carbonyl (C=O) groups excluding carboxylic acids is 1. The van der Waals surface area contributed by atoms with Gasteiger partial charge in [-0.3, -0.25) is 9.78 Å². The Morgan fingerprint density at radius 3 is 2.51 bits per heavy atom. The number of fused-ring (bicyclic) bond motifs is 1. The van der Waals surface area contributed by atoms with Crippen molar-refractivity contribution in [2.75, 3.05) is 11.9 Å². The Morgan fingerprint density at radius 2 is 1.74 bits per heavy atom. The van der Waals surface area contributed by atoms with Crippen LogP contribution in [0.4, 0.5) is 5.69 Å². The number of nitrogens with zero attached hydrogens (tertiary/aromatic N) is 5. The quantitative estimate of drug-likeness (QED) is 0.365. The average Bonchev–Trinajstić information content (AvgIpc) is 3.32. The molecule has 5 rings (SSSR count). The van der Waals surface area contributed by atoms with Crippen LogP contribution in [-0.4, -0.2) is 37.3 Å². The van der Waals surface area contributed by atoms with Crippen molar-refractivity contribution in [3.05, 3.63) is 90.8 Å². The summed E-state index contributed by atoms with van der Waals surface area (Å²) in [6.07, 6.45) is 3.41. The van der Waals surface area contributed by atoms with Crippen LogP contribution in [0, 0.1) is 0 Å². The van der Waals surface area contributed by atoms with Crippen molar-refractivity contribution in [1.82, 2.24) is 24.8 Å². The molecule has 5 aromatic rings. The topological polar surface area (TPSA) is 94.3 Å². The van der Waals surface area contributed by atoms with Gasteiger partial charge in [0, 0.05) is 29.2 Å². The molecule has 0 fully saturated rings. The lowest BCUT2D eigenvalue weighted by Gasteiger charge is -2.10. The van der Waals surface area contributed by atoms with Gasteiger partial charge in [-0.15, -0.1) is 10.2 Å². The van der Waals surface area contributed by atoms with Crippen molar-refractivity contribution >= 4 is 17.2 Å². The first-order chi connectivity index (χ1) is 17.1. The Kier molecular flexibility index (Phi) is 6.17. The number of carbonyl (C=O) groups is 1. The van der Waals surface area contributed by atoms with E-state index in [0.717, 1.165) is 16.8 Å². The monoisotopic (exact) mass is 464 g/mol. The van der Waals surface area contributed by atoms with Gasteiger partial charge < -0.3 is 10.1 Å². The molecule has 0 aliphatic heterocycles. The van der Waals surface area contributed by atoms with Gasteiger partial charge in [0.1, 0.15) is 5.75 Å². The van der Waals surface area contributed by atoms with Crippen molar-refractivity contribution in [3.8, 4) is 28.4 Å². The summed E-state index contributed by atoms with van der Waals surface area (Å²) < 4.78 is 7.34. The van der Waals surface area contributed by atoms with Gasteiger partial charge in [0.05, 0.1) is 5.69 Å². The van der Waals surface area contributed by atoms with E-state index in [1.54, 1.807) is 16.9 Å². The van der Waals surface area contributed by atoms with E-state index in [1.807, 2.05) is 72.8 Å². The Labute approximate surface area is 202 Å². The minimum Gasteiger partial charge on any atom is -0.484 e. The maximum atomic E-state index is 12.5. The van der Waals surface area contributed by atoms with Crippen LogP contribution in [0.2, 0.25) is 0 Å². The molecular weight excluding hydrogens is 440 g/mol. The van der Waals surface area contributed by atoms with Gasteiger partial charge in [0.2, 0.25) is 0 Å². The van der Waals surface area contributed by atoms with Crippen LogP contribution >= 0.6 is 0 Å². The molecule has 0 atom stereocenters. The van der Waals surface area contributed by atoms with Crippen LogP contribution in [0.1, 0.15) is 25.3 Å². The zero-order chi connectivity index (χ0) is 24.2. The normalized spacial score (nSPS) is 11.1. The molecule has 35 heavy (non-hydrogen) atoms. The average molecular weight is 465 g/mol. The first-order valence-corrected chi connectivity index (χ1v) is 11.3. The Morgan fingerprint density at radius 1 is 0.943 bits per heavy atom. The minimum absolute atomic E-state index is 0.0779. The molecule has 0 aliphatic carbocycles. The van der Waals surface area contributed by atoms with E-state index in [9.17, 15) is 4.79 Å². The molecule has 0 saturated heterocycles. The van der Waals surface area contributed by atoms with Crippen molar-refractivity contribution in [2.24, 2.45) is 0 Å². The number of nitrogens with one attached hydrogen (secondary N) is 1. The maximum absolute atomic E-state index is 12.5. The molecule has 0 radical (unpaired) electrons. The van der Waals surface area contributed by atoms with Crippen LogP contribution in [0.5, 0.6) is 5.75 Å². The molecule has 0 unspecified atom stereocenters. The predicted octanol–water partition coefficient (Wildman–Crippen LogP) is 4.99. The van der Waals surface area contributed by atoms with E-state index in [2.05, 4.69) is 34.3 Å². The van der Waals surface area contributed by atoms with Gasteiger partial charge in [0.15, 0.2) is 18.1 Å². The molecule has 0 aliphatic rings. The summed E-state index contributed by atoms with van der Waals surface area (Å²) in [7, 11) is 0. The van der Waals surface area contributed by atoms with Crippen molar-refractivity contribution in [1.29, 1.82) is 0 Å². The van der Waals surface area contributed by atoms with Gasteiger partial charge in [-0.25, -0.2) is 0 Å². The highest BCUT2D eigenvalue weighted by Gasteiger charge is 2.12. The smallest absolute Gasteiger partial charge is 0.262 e. The minimum atomic E-state index is -0.239. The third-order valence-corrected chi connectivity index (χ3v) is 5.56. The fraction of sp³-hybridized carbons (Fsp3) is 0.148. The number of ether oxygens (including phenoxy) is 1. The van der Waals surface area contributed by atoms with Crippen molar-refractivity contribution in [3.63, 3.8) is 0 Å². The molecule has 0 spiro atoms. The molecule has 8 nitrogen and oxygen atoms in total. The Hall–Kier alpha value is -4.59. The summed E-state index contributed by atoms with van der Waals surface area (Å²) in [6.45, 7) is 4.19. The molecule has 1 amide bonds. The number of benzene rings is 2. The van der Waals surface area contributed by atoms with Crippen LogP contribution in [0.15, 0.2) is 85.2 Å². The third kappa shape index (κ3) is 5.01. The summed E-state index contributed by atoms with van der Waals surface area (Å²) in [4.78, 5) is 16.5. The fourth-order valence-corrected chi connectivity index (χ4v) is 3.68. The van der Waals surface area contributed by atoms with Crippen LogP contribution in [-0.2, 0) is 4.79 Å². The van der Waals surface area contributed by atoms with Gasteiger partial charge >= 0.3 is 0 Å². The van der Waals surface area contributed by atoms with Crippen molar-refractivity contribution < 1.29 is 9.53 Å². The van der Waals surface area contributed by atoms with Crippen LogP contribution < -0.4 is 10.1 Å². The predicted molar refractivity (Wildman–Crippen MR) is 134 cm³/mol. The summed E-state index contributed by atoms with van der Waals surface area (Å²) in [6, 6.07) is 22.8. The highest BCUT2D eigenvalue weighted by Crippen LogP contribution is 2.23. The SMILES string of the molecule is CC(C)c1ccc(OCC(=O)Nc2cccc(-c3ccc4nnc(-c5ccncc5)n4n3)c2)cc1. The van der Waals surface area contributed by atoms with Gasteiger partial charge in [-0.1, -0.05) is 38.1 Å². The number of anilines is 1. The second-order valence-corrected chi connectivity index (χ2v) is 8.39. The highest BCUT2D eigenvalue weighted by molar-refractivity contribution is 5.92. The van der Waals surface area contributed by atoms with E-state index in [1.165, 1.54) is 5.56 Å². The Balaban J connectivity index is 1.30. The molecule has 2 aromatic carbocycles. The number of hydrogen-bond acceptors (Lipinski definition) is 6. The van der Waals surface area contributed by atoms with Gasteiger partial charge in [-0.05, 0) is 60.0 Å². The summed E-state index contributed by atoms with van der Waals surface area (Å²) in [5.74, 6) is 1.50. The maximum Gasteiger partial charge on any atom is 0.262 e. The number of amides is 1. The lowest BCUT2D eigenvalue weighted by Crippen LogP contribution is -2.20. The second kappa shape index (κ2) is 9.72. The van der Waals surface area contributed by atoms with E-state index in [-0.39, 0.29) is 12.5 Å². The van der Waals surface area contributed by atoms with Crippen LogP contribution in [0.3, 0.4) is 0 Å². The van der Waals surface area contributed by atoms with Crippen molar-refractivity contribution in [2.45, 2.75) is 19.8 Å². The molecule has 0 saturated carbocycles. The lowest BCUT2D eigenvalue weighted by molar-refractivity contribution is -0.118. The van der Waals surface area contributed by atoms with E-state index in [4.69, 9.17) is 9.84 Å². The molecule has 3 heterocycles. The first kappa shape index (κ1) is 22.2. The standard InChI is InChI=1S/C27H24N6O2/c1-18(2)19-6-8-23(9-7-19)35-17-26(34)29-22-5-3-4-21(16-22)24-10-11-25-30-31-27(33(25)32-24)20-12-14-28-15-13-20/h3-16,18H,17H2,1-2H3,(H,29,34). The first-order valence-electron chi connectivity index (χ1n) is 11.3. The summed E-state index contributed by atoms with van der Waals surface area (Å²) in [5.41, 5.74) is 4.98. The molecule has 8 heteroatoms. The molecule has 3 aromatic heterocycles. The number of hydrogen-bond donors (Lipinski definition) is 1. The highest BCUT2D eigenvalue weighted by atomic mass is 16.5.